The number of hydrogen-bond acceptors (Lipinski definition) is 3. The fraction of sp³-hybridized carbons (Fsp3) is 0.519. The Morgan fingerprint density at radius 1 is 0.812 bits per heavy atom. The Labute approximate surface area is 195 Å². The van der Waals surface area contributed by atoms with E-state index in [1.807, 2.05) is 30.3 Å². The third-order valence-electron chi connectivity index (χ3n) is 5.79. The van der Waals surface area contributed by atoms with E-state index in [1.165, 1.54) is 5.56 Å². The first-order valence-corrected chi connectivity index (χ1v) is 13.2. The number of benzene rings is 2. The summed E-state index contributed by atoms with van der Waals surface area (Å²) in [6.07, 6.45) is 0.0681. The Morgan fingerprint density at radius 2 is 1.31 bits per heavy atom. The highest BCUT2D eigenvalue weighted by Crippen LogP contribution is 2.34. The van der Waals surface area contributed by atoms with Gasteiger partial charge in [0.05, 0.1) is 12.2 Å². The van der Waals surface area contributed by atoms with Gasteiger partial charge in [0.25, 0.3) is 0 Å². The highest BCUT2D eigenvalue weighted by atomic mass is 32.2. The molecule has 5 heteroatoms. The van der Waals surface area contributed by atoms with E-state index in [0.29, 0.717) is 5.92 Å². The Kier molecular flexibility index (Phi) is 8.69. The molecule has 0 N–H and O–H groups in total. The molecule has 0 saturated heterocycles. The third-order valence-corrected chi connectivity index (χ3v) is 7.67. The number of nitrogens with zero attached hydrogens (tertiary/aromatic N) is 1. The topological polar surface area (TPSA) is 54.5 Å². The van der Waals surface area contributed by atoms with Gasteiger partial charge in [-0.25, -0.2) is 12.7 Å². The van der Waals surface area contributed by atoms with Gasteiger partial charge in [0.1, 0.15) is 0 Å². The van der Waals surface area contributed by atoms with Gasteiger partial charge in [-0.1, -0.05) is 84.0 Å². The van der Waals surface area contributed by atoms with Crippen molar-refractivity contribution in [2.75, 3.05) is 0 Å². The van der Waals surface area contributed by atoms with Crippen molar-refractivity contribution in [3.05, 3.63) is 70.3 Å². The molecule has 2 aromatic rings. The van der Waals surface area contributed by atoms with Crippen LogP contribution in [0.1, 0.15) is 101 Å². The summed E-state index contributed by atoms with van der Waals surface area (Å²) in [5.74, 6) is 0.177. The lowest BCUT2D eigenvalue weighted by molar-refractivity contribution is -0.126. The maximum atomic E-state index is 13.6. The second kappa shape index (κ2) is 10.7. The molecule has 0 saturated carbocycles. The van der Waals surface area contributed by atoms with E-state index in [9.17, 15) is 13.2 Å². The van der Waals surface area contributed by atoms with Crippen LogP contribution in [0.2, 0.25) is 0 Å². The van der Waals surface area contributed by atoms with E-state index in [-0.39, 0.29) is 29.9 Å². The van der Waals surface area contributed by atoms with Crippen LogP contribution >= 0.6 is 0 Å². The fourth-order valence-corrected chi connectivity index (χ4v) is 5.99. The average molecular weight is 458 g/mol. The largest absolute Gasteiger partial charge is 0.273 e. The minimum atomic E-state index is -3.86. The number of amides is 1. The maximum absolute atomic E-state index is 13.6. The summed E-state index contributed by atoms with van der Waals surface area (Å²) < 4.78 is 28.4. The van der Waals surface area contributed by atoms with Gasteiger partial charge in [0.15, 0.2) is 0 Å². The van der Waals surface area contributed by atoms with Crippen LogP contribution in [0.15, 0.2) is 42.5 Å². The van der Waals surface area contributed by atoms with Crippen LogP contribution < -0.4 is 0 Å². The van der Waals surface area contributed by atoms with Crippen molar-refractivity contribution >= 4 is 15.9 Å². The summed E-state index contributed by atoms with van der Waals surface area (Å²) in [5.41, 5.74) is 4.99. The number of carbonyl (C=O) groups excluding carboxylic acids is 1. The minimum absolute atomic E-state index is 0.0681. The quantitative estimate of drug-likeness (QED) is 0.440. The smallest absolute Gasteiger partial charge is 0.241 e. The molecule has 0 fully saturated rings. The third kappa shape index (κ3) is 6.22. The predicted octanol–water partition coefficient (Wildman–Crippen LogP) is 6.37. The molecule has 1 amide bonds. The second-order valence-electron chi connectivity index (χ2n) is 9.84. The molecule has 0 heterocycles. The van der Waals surface area contributed by atoms with E-state index in [0.717, 1.165) is 26.6 Å². The first-order valence-electron chi connectivity index (χ1n) is 11.6. The van der Waals surface area contributed by atoms with E-state index >= 15 is 0 Å². The molecule has 4 nitrogen and oxygen atoms in total. The summed E-state index contributed by atoms with van der Waals surface area (Å²) in [7, 11) is -3.86. The molecule has 0 bridgehead atoms. The van der Waals surface area contributed by atoms with Crippen molar-refractivity contribution in [2.45, 2.75) is 91.4 Å². The van der Waals surface area contributed by atoms with E-state index < -0.39 is 16.1 Å². The molecule has 2 rings (SSSR count). The molecule has 0 atom stereocenters. The minimum Gasteiger partial charge on any atom is -0.273 e. The van der Waals surface area contributed by atoms with Crippen LogP contribution in [-0.4, -0.2) is 24.7 Å². The predicted molar refractivity (Wildman–Crippen MR) is 133 cm³/mol. The van der Waals surface area contributed by atoms with E-state index in [4.69, 9.17) is 0 Å². The van der Waals surface area contributed by atoms with Crippen LogP contribution in [0.3, 0.4) is 0 Å². The summed E-state index contributed by atoms with van der Waals surface area (Å²) in [6, 6.07) is 13.1. The summed E-state index contributed by atoms with van der Waals surface area (Å²) in [6.45, 7) is 16.2. The van der Waals surface area contributed by atoms with Gasteiger partial charge in [-0.05, 0) is 59.4 Å². The van der Waals surface area contributed by atoms with Gasteiger partial charge in [-0.15, -0.1) is 0 Å². The number of hydrogen-bond donors (Lipinski definition) is 0. The lowest BCUT2D eigenvalue weighted by Gasteiger charge is -2.29. The lowest BCUT2D eigenvalue weighted by atomic mass is 9.85. The van der Waals surface area contributed by atoms with Gasteiger partial charge in [0.2, 0.25) is 15.9 Å². The lowest BCUT2D eigenvalue weighted by Crippen LogP contribution is -2.43. The van der Waals surface area contributed by atoms with Crippen molar-refractivity contribution in [3.63, 3.8) is 0 Å². The Hall–Kier alpha value is -2.14. The van der Waals surface area contributed by atoms with Crippen LogP contribution in [0.5, 0.6) is 0 Å². The zero-order valence-corrected chi connectivity index (χ0v) is 21.7. The van der Waals surface area contributed by atoms with Gasteiger partial charge in [0, 0.05) is 6.04 Å². The van der Waals surface area contributed by atoms with Gasteiger partial charge < -0.3 is 0 Å². The zero-order valence-electron chi connectivity index (χ0n) is 20.8. The van der Waals surface area contributed by atoms with Crippen LogP contribution in [0.4, 0.5) is 0 Å². The Balaban J connectivity index is 2.53. The van der Waals surface area contributed by atoms with Crippen molar-refractivity contribution in [1.29, 1.82) is 0 Å². The number of rotatable bonds is 9. The van der Waals surface area contributed by atoms with Gasteiger partial charge in [-0.2, -0.15) is 0 Å². The highest BCUT2D eigenvalue weighted by Gasteiger charge is 2.32. The molecule has 2 aromatic carbocycles. The number of carbonyl (C=O) groups is 1. The monoisotopic (exact) mass is 457 g/mol. The van der Waals surface area contributed by atoms with Crippen LogP contribution in [0.25, 0.3) is 0 Å². The SMILES string of the molecule is CC(C)c1cc(C(C)C)c(CS(=O)(=O)N(C(=O)Cc2ccccc2)C(C)C)c(C(C)C)c1. The highest BCUT2D eigenvalue weighted by molar-refractivity contribution is 7.88. The Bertz CT molecular complexity index is 993. The van der Waals surface area contributed by atoms with E-state index in [1.54, 1.807) is 13.8 Å². The van der Waals surface area contributed by atoms with E-state index in [2.05, 4.69) is 53.7 Å². The molecular weight excluding hydrogens is 418 g/mol. The second-order valence-corrected chi connectivity index (χ2v) is 11.7. The molecule has 0 aliphatic rings. The molecule has 0 aliphatic heterocycles. The summed E-state index contributed by atoms with van der Waals surface area (Å²) >= 11 is 0. The van der Waals surface area contributed by atoms with Gasteiger partial charge >= 0.3 is 0 Å². The molecule has 0 spiro atoms. The zero-order chi connectivity index (χ0) is 24.2. The van der Waals surface area contributed by atoms with Crippen molar-refractivity contribution in [3.8, 4) is 0 Å². The molecule has 0 radical (unpaired) electrons. The van der Waals surface area contributed by atoms with Crippen LogP contribution in [-0.2, 0) is 27.0 Å². The number of sulfonamides is 1. The Morgan fingerprint density at radius 3 is 1.72 bits per heavy atom. The first kappa shape index (κ1) is 26.1. The van der Waals surface area contributed by atoms with Gasteiger partial charge in [-0.3, -0.25) is 4.79 Å². The van der Waals surface area contributed by atoms with Crippen molar-refractivity contribution < 1.29 is 13.2 Å². The molecule has 32 heavy (non-hydrogen) atoms. The normalized spacial score (nSPS) is 12.2. The van der Waals surface area contributed by atoms with Crippen molar-refractivity contribution in [1.82, 2.24) is 4.31 Å². The maximum Gasteiger partial charge on any atom is 0.241 e. The van der Waals surface area contributed by atoms with Crippen molar-refractivity contribution in [2.24, 2.45) is 0 Å². The van der Waals surface area contributed by atoms with Crippen LogP contribution in [0, 0.1) is 0 Å². The first-order chi connectivity index (χ1) is 14.8. The molecule has 176 valence electrons. The molecule has 0 unspecified atom stereocenters. The average Bonchev–Trinajstić information content (AvgIpc) is 2.67. The fourth-order valence-electron chi connectivity index (χ4n) is 4.14. The molecular formula is C27H39NO3S. The molecule has 0 aliphatic carbocycles. The summed E-state index contributed by atoms with van der Waals surface area (Å²) in [5, 5.41) is 0. The summed E-state index contributed by atoms with van der Waals surface area (Å²) in [4.78, 5) is 13.1. The standard InChI is InChI=1S/C27H39NO3S/c1-18(2)23-15-24(19(3)4)26(25(16-23)20(5)6)17-32(30,31)28(21(7)8)27(29)14-22-12-10-9-11-13-22/h9-13,15-16,18-21H,14,17H2,1-8H3. The molecule has 0 aromatic heterocycles.